The van der Waals surface area contributed by atoms with E-state index >= 15 is 0 Å². The first kappa shape index (κ1) is 31.7. The molecule has 4 rings (SSSR count). The Morgan fingerprint density at radius 2 is 1.49 bits per heavy atom. The van der Waals surface area contributed by atoms with Gasteiger partial charge >= 0.3 is 0 Å². The number of hydrogen-bond acceptors (Lipinski definition) is 5. The van der Waals surface area contributed by atoms with Crippen LogP contribution in [0.4, 0.5) is 5.69 Å². The Labute approximate surface area is 250 Å². The summed E-state index contributed by atoms with van der Waals surface area (Å²) in [7, 11) is 2.23. The molecule has 1 aromatic carbocycles. The lowest BCUT2D eigenvalue weighted by atomic mass is 9.88. The Morgan fingerprint density at radius 3 is 2.00 bits per heavy atom. The Bertz CT molecular complexity index is 924. The Morgan fingerprint density at radius 1 is 0.949 bits per heavy atom. The molecule has 3 fully saturated rings. The molecule has 0 bridgehead atoms. The van der Waals surface area contributed by atoms with Gasteiger partial charge in [-0.05, 0) is 37.8 Å². The monoisotopic (exact) mass is 656 g/mol. The predicted octanol–water partition coefficient (Wildman–Crippen LogP) is 1.40. The van der Waals surface area contributed by atoms with E-state index in [-0.39, 0.29) is 60.1 Å². The molecule has 1 aromatic rings. The molecule has 2 saturated carbocycles. The van der Waals surface area contributed by atoms with E-state index in [0.717, 1.165) is 95.1 Å². The summed E-state index contributed by atoms with van der Waals surface area (Å²) in [6.45, 7) is 4.86. The number of nitro groups is 1. The fourth-order valence-electron chi connectivity index (χ4n) is 6.48. The van der Waals surface area contributed by atoms with E-state index < -0.39 is 4.92 Å². The molecular formula is C29H45IN4O5. The SMILES string of the molecule is C[N+]1(CCCN(CC(=O)N(C2CCCCC2)C2CCCCC2)C(=O)c2ccc([N+](=O)[O-])cc2)CCOCC1.[I-]. The van der Waals surface area contributed by atoms with Crippen LogP contribution in [0.15, 0.2) is 24.3 Å². The van der Waals surface area contributed by atoms with E-state index in [0.29, 0.717) is 12.1 Å². The number of rotatable bonds is 10. The van der Waals surface area contributed by atoms with Gasteiger partial charge in [0.25, 0.3) is 11.6 Å². The molecule has 9 nitrogen and oxygen atoms in total. The molecule has 39 heavy (non-hydrogen) atoms. The van der Waals surface area contributed by atoms with Gasteiger partial charge in [-0.2, -0.15) is 0 Å². The van der Waals surface area contributed by atoms with E-state index in [1.54, 1.807) is 4.90 Å². The summed E-state index contributed by atoms with van der Waals surface area (Å²) in [5, 5.41) is 11.1. The van der Waals surface area contributed by atoms with Crippen LogP contribution in [0.3, 0.4) is 0 Å². The molecule has 0 N–H and O–H groups in total. The third-order valence-corrected chi connectivity index (χ3v) is 8.84. The second kappa shape index (κ2) is 15.3. The number of benzene rings is 1. The lowest BCUT2D eigenvalue weighted by molar-refractivity contribution is -0.917. The summed E-state index contributed by atoms with van der Waals surface area (Å²) in [5.41, 5.74) is 0.340. The van der Waals surface area contributed by atoms with Crippen molar-refractivity contribution < 1.29 is 47.7 Å². The molecule has 1 heterocycles. The number of ether oxygens (including phenoxy) is 1. The predicted molar refractivity (Wildman–Crippen MR) is 146 cm³/mol. The van der Waals surface area contributed by atoms with Crippen molar-refractivity contribution in [1.29, 1.82) is 0 Å². The summed E-state index contributed by atoms with van der Waals surface area (Å²) >= 11 is 0. The van der Waals surface area contributed by atoms with Gasteiger partial charge in [-0.25, -0.2) is 0 Å². The highest BCUT2D eigenvalue weighted by atomic mass is 127. The minimum atomic E-state index is -0.464. The number of morpholine rings is 1. The van der Waals surface area contributed by atoms with Gasteiger partial charge in [-0.15, -0.1) is 0 Å². The van der Waals surface area contributed by atoms with Crippen LogP contribution in [0.1, 0.15) is 81.0 Å². The van der Waals surface area contributed by atoms with Crippen LogP contribution in [0.5, 0.6) is 0 Å². The van der Waals surface area contributed by atoms with E-state index in [1.807, 2.05) is 0 Å². The summed E-state index contributed by atoms with van der Waals surface area (Å²) in [4.78, 5) is 42.1. The largest absolute Gasteiger partial charge is 1.00 e. The first-order chi connectivity index (χ1) is 18.4. The molecule has 2 aliphatic carbocycles. The zero-order valence-corrected chi connectivity index (χ0v) is 25.6. The number of carbonyl (C=O) groups is 2. The number of carbonyl (C=O) groups excluding carboxylic acids is 2. The van der Waals surface area contributed by atoms with Gasteiger partial charge in [0.15, 0.2) is 0 Å². The Hall–Kier alpha value is -1.79. The third kappa shape index (κ3) is 8.85. The van der Waals surface area contributed by atoms with Crippen molar-refractivity contribution in [1.82, 2.24) is 9.80 Å². The van der Waals surface area contributed by atoms with Crippen molar-refractivity contribution in [3.8, 4) is 0 Å². The number of quaternary nitrogens is 1. The molecule has 0 radical (unpaired) electrons. The van der Waals surface area contributed by atoms with Crippen LogP contribution in [0, 0.1) is 10.1 Å². The zero-order chi connectivity index (χ0) is 27.0. The smallest absolute Gasteiger partial charge is 0.269 e. The number of likely N-dealkylation sites (N-methyl/N-ethyl adjacent to an activating group) is 1. The fourth-order valence-corrected chi connectivity index (χ4v) is 6.48. The van der Waals surface area contributed by atoms with Crippen molar-refractivity contribution in [2.75, 3.05) is 53.0 Å². The molecule has 0 spiro atoms. The minimum absolute atomic E-state index is 0. The van der Waals surface area contributed by atoms with Gasteiger partial charge in [-0.1, -0.05) is 38.5 Å². The van der Waals surface area contributed by atoms with Gasteiger partial charge in [0.05, 0.1) is 31.7 Å². The molecule has 1 aliphatic heterocycles. The van der Waals surface area contributed by atoms with Gasteiger partial charge in [0, 0.05) is 42.7 Å². The van der Waals surface area contributed by atoms with Gasteiger partial charge in [0.1, 0.15) is 19.6 Å². The van der Waals surface area contributed by atoms with Crippen molar-refractivity contribution >= 4 is 17.5 Å². The normalized spacial score (nSPS) is 20.0. The van der Waals surface area contributed by atoms with Crippen LogP contribution in [0.2, 0.25) is 0 Å². The molecule has 0 aromatic heterocycles. The lowest BCUT2D eigenvalue weighted by Gasteiger charge is -2.42. The van der Waals surface area contributed by atoms with Gasteiger partial charge in [-0.3, -0.25) is 19.7 Å². The molecule has 1 saturated heterocycles. The second-order valence-corrected chi connectivity index (χ2v) is 11.7. The quantitative estimate of drug-likeness (QED) is 0.165. The number of halogens is 1. The molecule has 3 aliphatic rings. The Kier molecular flexibility index (Phi) is 12.4. The standard InChI is InChI=1S/C29H45N4O5.HI/c1-33(19-21-38-22-20-33)18-8-17-30(29(35)24-13-15-27(16-14-24)32(36)37)23-28(34)31(25-9-4-2-5-10-25)26-11-6-3-7-12-26;/h13-16,25-26H,2-12,17-23H2,1H3;1H/q+1;/p-1. The van der Waals surface area contributed by atoms with E-state index in [1.165, 1.54) is 37.1 Å². The molecule has 10 heteroatoms. The summed E-state index contributed by atoms with van der Waals surface area (Å²) in [6.07, 6.45) is 12.1. The number of hydrogen-bond donors (Lipinski definition) is 0. The maximum absolute atomic E-state index is 14.0. The van der Waals surface area contributed by atoms with Crippen LogP contribution < -0.4 is 24.0 Å². The van der Waals surface area contributed by atoms with E-state index in [4.69, 9.17) is 4.74 Å². The van der Waals surface area contributed by atoms with Crippen LogP contribution in [-0.2, 0) is 9.53 Å². The zero-order valence-electron chi connectivity index (χ0n) is 23.4. The molecule has 0 atom stereocenters. The average Bonchev–Trinajstić information content (AvgIpc) is 2.94. The summed E-state index contributed by atoms with van der Waals surface area (Å²) < 4.78 is 6.44. The second-order valence-electron chi connectivity index (χ2n) is 11.7. The minimum Gasteiger partial charge on any atom is -1.00 e. The maximum Gasteiger partial charge on any atom is 0.269 e. The van der Waals surface area contributed by atoms with Crippen LogP contribution in [-0.4, -0.2) is 96.1 Å². The molecule has 218 valence electrons. The Balaban J connectivity index is 0.00000420. The van der Waals surface area contributed by atoms with Crippen molar-refractivity contribution in [3.05, 3.63) is 39.9 Å². The molecule has 2 amide bonds. The highest BCUT2D eigenvalue weighted by Gasteiger charge is 2.34. The van der Waals surface area contributed by atoms with Crippen molar-refractivity contribution in [2.45, 2.75) is 82.7 Å². The number of amides is 2. The summed E-state index contributed by atoms with van der Waals surface area (Å²) in [6, 6.07) is 6.29. The third-order valence-electron chi connectivity index (χ3n) is 8.84. The number of nitrogens with zero attached hydrogens (tertiary/aromatic N) is 4. The van der Waals surface area contributed by atoms with Crippen LogP contribution >= 0.6 is 0 Å². The van der Waals surface area contributed by atoms with E-state index in [2.05, 4.69) is 11.9 Å². The average molecular weight is 657 g/mol. The molecular weight excluding hydrogens is 611 g/mol. The maximum atomic E-state index is 14.0. The lowest BCUT2D eigenvalue weighted by Crippen LogP contribution is -3.00. The highest BCUT2D eigenvalue weighted by Crippen LogP contribution is 2.30. The first-order valence-electron chi connectivity index (χ1n) is 14.6. The highest BCUT2D eigenvalue weighted by molar-refractivity contribution is 5.96. The first-order valence-corrected chi connectivity index (χ1v) is 14.6. The fraction of sp³-hybridized carbons (Fsp3) is 0.724. The van der Waals surface area contributed by atoms with Crippen LogP contribution in [0.25, 0.3) is 0 Å². The number of non-ortho nitro benzene ring substituents is 1. The van der Waals surface area contributed by atoms with Gasteiger partial charge in [0.2, 0.25) is 5.91 Å². The van der Waals surface area contributed by atoms with Crippen molar-refractivity contribution in [3.63, 3.8) is 0 Å². The summed E-state index contributed by atoms with van der Waals surface area (Å²) in [5.74, 6) is -0.170. The van der Waals surface area contributed by atoms with Crippen molar-refractivity contribution in [2.24, 2.45) is 0 Å². The van der Waals surface area contributed by atoms with E-state index in [9.17, 15) is 19.7 Å². The topological polar surface area (TPSA) is 93.0 Å². The number of nitro benzene ring substituents is 1. The molecule has 0 unspecified atom stereocenters. The van der Waals surface area contributed by atoms with Gasteiger partial charge < -0.3 is 43.0 Å².